The highest BCUT2D eigenvalue weighted by Gasteiger charge is 2.33. The van der Waals surface area contributed by atoms with Gasteiger partial charge in [-0.05, 0) is 44.0 Å². The van der Waals surface area contributed by atoms with Crippen molar-refractivity contribution in [1.82, 2.24) is 4.31 Å². The minimum atomic E-state index is -3.55. The standard InChI is InChI=1S/C14H19BrClNO3S/c1-9-7-17(8-10(2)20-9)21(18,19)14-5-12(6-16)4-13(15)11(14)3/h4-5,9-10H,6-8H2,1-3H3/t9-,10+. The van der Waals surface area contributed by atoms with E-state index in [1.54, 1.807) is 13.0 Å². The lowest BCUT2D eigenvalue weighted by Gasteiger charge is -2.34. The summed E-state index contributed by atoms with van der Waals surface area (Å²) in [5.41, 5.74) is 1.48. The molecule has 0 spiro atoms. The van der Waals surface area contributed by atoms with Crippen LogP contribution in [0.2, 0.25) is 0 Å². The highest BCUT2D eigenvalue weighted by molar-refractivity contribution is 9.10. The molecule has 0 unspecified atom stereocenters. The highest BCUT2D eigenvalue weighted by atomic mass is 79.9. The molecule has 118 valence electrons. The number of hydrogen-bond acceptors (Lipinski definition) is 3. The molecule has 0 saturated carbocycles. The summed E-state index contributed by atoms with van der Waals surface area (Å²) in [5.74, 6) is 0.275. The molecule has 0 aliphatic carbocycles. The van der Waals surface area contributed by atoms with E-state index in [2.05, 4.69) is 15.9 Å². The number of halogens is 2. The monoisotopic (exact) mass is 395 g/mol. The Morgan fingerprint density at radius 3 is 2.43 bits per heavy atom. The molecule has 0 radical (unpaired) electrons. The van der Waals surface area contributed by atoms with Crippen LogP contribution in [0.4, 0.5) is 0 Å². The van der Waals surface area contributed by atoms with Crippen molar-refractivity contribution in [1.29, 1.82) is 0 Å². The summed E-state index contributed by atoms with van der Waals surface area (Å²) in [6.45, 7) is 6.30. The normalized spacial score (nSPS) is 24.2. The van der Waals surface area contributed by atoms with Gasteiger partial charge in [-0.1, -0.05) is 15.9 Å². The molecule has 0 aromatic heterocycles. The van der Waals surface area contributed by atoms with Gasteiger partial charge in [-0.15, -0.1) is 11.6 Å². The Labute approximate surface area is 139 Å². The Morgan fingerprint density at radius 2 is 1.90 bits per heavy atom. The van der Waals surface area contributed by atoms with Gasteiger partial charge in [0, 0.05) is 23.4 Å². The molecule has 1 aromatic carbocycles. The Balaban J connectivity index is 2.46. The van der Waals surface area contributed by atoms with E-state index in [-0.39, 0.29) is 18.1 Å². The zero-order valence-electron chi connectivity index (χ0n) is 12.3. The third kappa shape index (κ3) is 3.62. The second-order valence-corrected chi connectivity index (χ2v) is 8.44. The summed E-state index contributed by atoms with van der Waals surface area (Å²) >= 11 is 9.27. The number of hydrogen-bond donors (Lipinski definition) is 0. The van der Waals surface area contributed by atoms with Crippen molar-refractivity contribution in [3.05, 3.63) is 27.7 Å². The maximum atomic E-state index is 12.9. The van der Waals surface area contributed by atoms with Crippen molar-refractivity contribution in [2.75, 3.05) is 13.1 Å². The van der Waals surface area contributed by atoms with Crippen LogP contribution >= 0.6 is 27.5 Å². The van der Waals surface area contributed by atoms with Gasteiger partial charge in [-0.25, -0.2) is 8.42 Å². The molecule has 1 heterocycles. The molecule has 1 saturated heterocycles. The van der Waals surface area contributed by atoms with Crippen LogP contribution in [-0.2, 0) is 20.6 Å². The van der Waals surface area contributed by atoms with E-state index in [0.29, 0.717) is 23.5 Å². The average Bonchev–Trinajstić information content (AvgIpc) is 2.40. The van der Waals surface area contributed by atoms with E-state index in [1.807, 2.05) is 19.9 Å². The number of sulfonamides is 1. The Morgan fingerprint density at radius 1 is 1.33 bits per heavy atom. The molecular formula is C14H19BrClNO3S. The van der Waals surface area contributed by atoms with Gasteiger partial charge in [0.15, 0.2) is 0 Å². The van der Waals surface area contributed by atoms with E-state index in [1.165, 1.54) is 4.31 Å². The van der Waals surface area contributed by atoms with Crippen LogP contribution < -0.4 is 0 Å². The molecule has 0 amide bonds. The van der Waals surface area contributed by atoms with Gasteiger partial charge >= 0.3 is 0 Å². The molecule has 21 heavy (non-hydrogen) atoms. The summed E-state index contributed by atoms with van der Waals surface area (Å²) in [7, 11) is -3.55. The second-order valence-electron chi connectivity index (χ2n) is 5.41. The Kier molecular flexibility index (Phi) is 5.36. The van der Waals surface area contributed by atoms with Gasteiger partial charge in [-0.2, -0.15) is 4.31 Å². The smallest absolute Gasteiger partial charge is 0.243 e. The summed E-state index contributed by atoms with van der Waals surface area (Å²) in [6, 6.07) is 3.51. The SMILES string of the molecule is Cc1c(Br)cc(CCl)cc1S(=O)(=O)N1C[C@@H](C)O[C@@H](C)C1. The van der Waals surface area contributed by atoms with Crippen LogP contribution in [0.3, 0.4) is 0 Å². The molecule has 1 fully saturated rings. The first-order valence-corrected chi connectivity index (χ1v) is 9.53. The molecule has 1 aromatic rings. The highest BCUT2D eigenvalue weighted by Crippen LogP contribution is 2.30. The Hall–Kier alpha value is -0.140. The van der Waals surface area contributed by atoms with Gasteiger partial charge in [-0.3, -0.25) is 0 Å². The largest absolute Gasteiger partial charge is 0.373 e. The number of rotatable bonds is 3. The molecule has 0 bridgehead atoms. The van der Waals surface area contributed by atoms with Gasteiger partial charge in [0.25, 0.3) is 0 Å². The molecule has 1 aliphatic rings. The van der Waals surface area contributed by atoms with Crippen molar-refractivity contribution in [2.24, 2.45) is 0 Å². The lowest BCUT2D eigenvalue weighted by molar-refractivity contribution is -0.0440. The molecule has 2 rings (SSSR count). The fourth-order valence-corrected chi connectivity index (χ4v) is 5.20. The zero-order valence-corrected chi connectivity index (χ0v) is 15.4. The Bertz CT molecular complexity index is 625. The third-order valence-corrected chi connectivity index (χ3v) is 6.60. The first-order chi connectivity index (χ1) is 9.75. The molecule has 1 aliphatic heterocycles. The molecule has 0 N–H and O–H groups in total. The minimum absolute atomic E-state index is 0.108. The second kappa shape index (κ2) is 6.54. The summed E-state index contributed by atoms with van der Waals surface area (Å²) < 4.78 is 33.7. The quantitative estimate of drug-likeness (QED) is 0.737. The van der Waals surface area contributed by atoms with E-state index >= 15 is 0 Å². The third-order valence-electron chi connectivity index (χ3n) is 3.51. The molecule has 4 nitrogen and oxygen atoms in total. The van der Waals surface area contributed by atoms with E-state index in [9.17, 15) is 8.42 Å². The van der Waals surface area contributed by atoms with Crippen molar-refractivity contribution < 1.29 is 13.2 Å². The van der Waals surface area contributed by atoms with Gasteiger partial charge in [0.2, 0.25) is 10.0 Å². The van der Waals surface area contributed by atoms with Crippen LogP contribution in [0.15, 0.2) is 21.5 Å². The maximum absolute atomic E-state index is 12.9. The lowest BCUT2D eigenvalue weighted by atomic mass is 10.2. The number of morpholine rings is 1. The van der Waals surface area contributed by atoms with Crippen molar-refractivity contribution in [3.8, 4) is 0 Å². The van der Waals surface area contributed by atoms with E-state index in [4.69, 9.17) is 16.3 Å². The number of nitrogens with zero attached hydrogens (tertiary/aromatic N) is 1. The fraction of sp³-hybridized carbons (Fsp3) is 0.571. The summed E-state index contributed by atoms with van der Waals surface area (Å²) in [5, 5.41) is 0. The minimum Gasteiger partial charge on any atom is -0.373 e. The van der Waals surface area contributed by atoms with Crippen molar-refractivity contribution >= 4 is 37.6 Å². The molecular weight excluding hydrogens is 378 g/mol. The predicted octanol–water partition coefficient (Wildman–Crippen LogP) is 3.29. The van der Waals surface area contributed by atoms with Gasteiger partial charge < -0.3 is 4.74 Å². The van der Waals surface area contributed by atoms with Crippen molar-refractivity contribution in [3.63, 3.8) is 0 Å². The van der Waals surface area contributed by atoms with Crippen molar-refractivity contribution in [2.45, 2.75) is 43.8 Å². The molecule has 2 atom stereocenters. The van der Waals surface area contributed by atoms with Crippen LogP contribution in [0.5, 0.6) is 0 Å². The van der Waals surface area contributed by atoms with Crippen LogP contribution in [0, 0.1) is 6.92 Å². The van der Waals surface area contributed by atoms with Crippen LogP contribution in [0.1, 0.15) is 25.0 Å². The van der Waals surface area contributed by atoms with E-state index < -0.39 is 10.0 Å². The first-order valence-electron chi connectivity index (χ1n) is 6.76. The van der Waals surface area contributed by atoms with Crippen LogP contribution in [-0.4, -0.2) is 38.0 Å². The van der Waals surface area contributed by atoms with Gasteiger partial charge in [0.05, 0.1) is 17.1 Å². The van der Waals surface area contributed by atoms with E-state index in [0.717, 1.165) is 10.0 Å². The molecule has 7 heteroatoms. The summed E-state index contributed by atoms with van der Waals surface area (Å²) in [4.78, 5) is 0.314. The fourth-order valence-electron chi connectivity index (χ4n) is 2.52. The number of benzene rings is 1. The topological polar surface area (TPSA) is 46.6 Å². The number of alkyl halides is 1. The average molecular weight is 397 g/mol. The van der Waals surface area contributed by atoms with Gasteiger partial charge in [0.1, 0.15) is 0 Å². The first kappa shape index (κ1) is 17.2. The lowest BCUT2D eigenvalue weighted by Crippen LogP contribution is -2.48. The summed E-state index contributed by atoms with van der Waals surface area (Å²) in [6.07, 6.45) is -0.216. The maximum Gasteiger partial charge on any atom is 0.243 e. The number of ether oxygens (including phenoxy) is 1. The zero-order chi connectivity index (χ0) is 15.8. The van der Waals surface area contributed by atoms with Crippen LogP contribution in [0.25, 0.3) is 0 Å². The predicted molar refractivity (Wildman–Crippen MR) is 87.2 cm³/mol.